The first kappa shape index (κ1) is 13.0. The van der Waals surface area contributed by atoms with Gasteiger partial charge in [0.2, 0.25) is 6.79 Å². The number of carbonyl (C=O) groups excluding carboxylic acids is 1. The molecular weight excluding hydrogens is 310 g/mol. The van der Waals surface area contributed by atoms with Crippen LogP contribution in [0.25, 0.3) is 0 Å². The third kappa shape index (κ3) is 2.17. The molecule has 0 saturated carbocycles. The van der Waals surface area contributed by atoms with Crippen LogP contribution in [0.15, 0.2) is 23.6 Å². The van der Waals surface area contributed by atoms with Crippen LogP contribution in [-0.4, -0.2) is 24.1 Å². The van der Waals surface area contributed by atoms with E-state index in [1.807, 2.05) is 4.90 Å². The fraction of sp³-hybridized carbons (Fsp3) is 0.267. The largest absolute Gasteiger partial charge is 0.454 e. The van der Waals surface area contributed by atoms with Crippen LogP contribution in [0, 0.1) is 0 Å². The molecule has 0 saturated heterocycles. The van der Waals surface area contributed by atoms with E-state index in [9.17, 15) is 4.79 Å². The van der Waals surface area contributed by atoms with Gasteiger partial charge >= 0.3 is 0 Å². The average molecular weight is 322 g/mol. The first-order valence-electron chi connectivity index (χ1n) is 6.66. The van der Waals surface area contributed by atoms with Crippen LogP contribution in [0.2, 0.25) is 5.02 Å². The monoisotopic (exact) mass is 321 g/mol. The van der Waals surface area contributed by atoms with Crippen LogP contribution in [0.5, 0.6) is 11.5 Å². The molecule has 2 aliphatic rings. The fourth-order valence-electron chi connectivity index (χ4n) is 2.70. The van der Waals surface area contributed by atoms with Crippen LogP contribution in [0.4, 0.5) is 0 Å². The summed E-state index contributed by atoms with van der Waals surface area (Å²) in [5.74, 6) is 1.04. The Labute approximate surface area is 130 Å². The Kier molecular flexibility index (Phi) is 3.05. The highest BCUT2D eigenvalue weighted by Gasteiger charge is 2.26. The van der Waals surface area contributed by atoms with Gasteiger partial charge in [-0.25, -0.2) is 0 Å². The third-order valence-corrected chi connectivity index (χ3v) is 5.07. The van der Waals surface area contributed by atoms with E-state index in [4.69, 9.17) is 21.1 Å². The smallest absolute Gasteiger partial charge is 0.254 e. The van der Waals surface area contributed by atoms with Gasteiger partial charge in [-0.1, -0.05) is 11.6 Å². The molecule has 108 valence electrons. The molecule has 4 nitrogen and oxygen atoms in total. The standard InChI is InChI=1S/C15H12ClNO3S/c16-11-5-10(6-12-14(11)20-8-19-12)15(18)17-3-1-13-9(7-17)2-4-21-13/h2,4-6H,1,3,7-8H2. The molecule has 0 N–H and O–H groups in total. The summed E-state index contributed by atoms with van der Waals surface area (Å²) in [6, 6.07) is 5.45. The topological polar surface area (TPSA) is 38.8 Å². The molecule has 0 radical (unpaired) electrons. The summed E-state index contributed by atoms with van der Waals surface area (Å²) in [4.78, 5) is 15.9. The predicted octanol–water partition coefficient (Wildman–Crippen LogP) is 3.33. The molecular formula is C15H12ClNO3S. The Bertz CT molecular complexity index is 728. The number of nitrogens with zero attached hydrogens (tertiary/aromatic N) is 1. The summed E-state index contributed by atoms with van der Waals surface area (Å²) in [7, 11) is 0. The van der Waals surface area contributed by atoms with Crippen molar-refractivity contribution in [2.75, 3.05) is 13.3 Å². The van der Waals surface area contributed by atoms with Crippen LogP contribution >= 0.6 is 22.9 Å². The van der Waals surface area contributed by atoms with Gasteiger partial charge in [0.05, 0.1) is 5.02 Å². The molecule has 2 aromatic rings. The minimum atomic E-state index is -0.0212. The van der Waals surface area contributed by atoms with Crippen LogP contribution < -0.4 is 9.47 Å². The van der Waals surface area contributed by atoms with Gasteiger partial charge in [-0.15, -0.1) is 11.3 Å². The summed E-state index contributed by atoms with van der Waals surface area (Å²) in [6.07, 6.45) is 0.914. The number of ether oxygens (including phenoxy) is 2. The Morgan fingerprint density at radius 3 is 3.14 bits per heavy atom. The maximum Gasteiger partial charge on any atom is 0.254 e. The van der Waals surface area contributed by atoms with Gasteiger partial charge in [0.25, 0.3) is 5.91 Å². The lowest BCUT2D eigenvalue weighted by Crippen LogP contribution is -2.35. The zero-order valence-corrected chi connectivity index (χ0v) is 12.7. The van der Waals surface area contributed by atoms with Crippen molar-refractivity contribution < 1.29 is 14.3 Å². The molecule has 3 heterocycles. The van der Waals surface area contributed by atoms with Crippen molar-refractivity contribution >= 4 is 28.8 Å². The lowest BCUT2D eigenvalue weighted by molar-refractivity contribution is 0.0735. The number of hydrogen-bond acceptors (Lipinski definition) is 4. The minimum absolute atomic E-state index is 0.0212. The second-order valence-electron chi connectivity index (χ2n) is 5.04. The van der Waals surface area contributed by atoms with E-state index >= 15 is 0 Å². The molecule has 1 aromatic heterocycles. The highest BCUT2D eigenvalue weighted by molar-refractivity contribution is 7.10. The Morgan fingerprint density at radius 2 is 2.24 bits per heavy atom. The van der Waals surface area contributed by atoms with Gasteiger partial charge < -0.3 is 14.4 Å². The van der Waals surface area contributed by atoms with E-state index in [0.717, 1.165) is 13.0 Å². The van der Waals surface area contributed by atoms with Crippen molar-refractivity contribution in [1.29, 1.82) is 0 Å². The molecule has 21 heavy (non-hydrogen) atoms. The molecule has 0 bridgehead atoms. The van der Waals surface area contributed by atoms with E-state index < -0.39 is 0 Å². The highest BCUT2D eigenvalue weighted by Crippen LogP contribution is 2.40. The number of hydrogen-bond donors (Lipinski definition) is 0. The summed E-state index contributed by atoms with van der Waals surface area (Å²) >= 11 is 7.91. The molecule has 4 rings (SSSR count). The molecule has 6 heteroatoms. The van der Waals surface area contributed by atoms with E-state index in [1.54, 1.807) is 23.5 Å². The van der Waals surface area contributed by atoms with Gasteiger partial charge in [-0.3, -0.25) is 4.79 Å². The van der Waals surface area contributed by atoms with Crippen LogP contribution in [-0.2, 0) is 13.0 Å². The van der Waals surface area contributed by atoms with Crippen LogP contribution in [0.3, 0.4) is 0 Å². The second kappa shape index (κ2) is 4.93. The van der Waals surface area contributed by atoms with Crippen molar-refractivity contribution in [2.24, 2.45) is 0 Å². The van der Waals surface area contributed by atoms with Gasteiger partial charge in [-0.2, -0.15) is 0 Å². The number of benzene rings is 1. The number of halogens is 1. The predicted molar refractivity (Wildman–Crippen MR) is 80.3 cm³/mol. The minimum Gasteiger partial charge on any atom is -0.454 e. The lowest BCUT2D eigenvalue weighted by Gasteiger charge is -2.27. The number of fused-ring (bicyclic) bond motifs is 2. The number of thiophene rings is 1. The zero-order valence-electron chi connectivity index (χ0n) is 11.1. The number of carbonyl (C=O) groups is 1. The third-order valence-electron chi connectivity index (χ3n) is 3.77. The maximum atomic E-state index is 12.7. The summed E-state index contributed by atoms with van der Waals surface area (Å²) in [6.45, 7) is 1.54. The van der Waals surface area contributed by atoms with Crippen molar-refractivity contribution in [3.8, 4) is 11.5 Å². The molecule has 2 aliphatic heterocycles. The quantitative estimate of drug-likeness (QED) is 0.808. The Balaban J connectivity index is 1.63. The molecule has 1 amide bonds. The van der Waals surface area contributed by atoms with E-state index in [0.29, 0.717) is 28.6 Å². The maximum absolute atomic E-state index is 12.7. The summed E-state index contributed by atoms with van der Waals surface area (Å²) < 4.78 is 10.6. The Hall–Kier alpha value is -1.72. The van der Waals surface area contributed by atoms with E-state index in [2.05, 4.69) is 11.4 Å². The molecule has 0 aliphatic carbocycles. The zero-order chi connectivity index (χ0) is 14.4. The van der Waals surface area contributed by atoms with Gasteiger partial charge in [-0.05, 0) is 35.6 Å². The van der Waals surface area contributed by atoms with E-state index in [1.165, 1.54) is 10.4 Å². The van der Waals surface area contributed by atoms with Gasteiger partial charge in [0.15, 0.2) is 11.5 Å². The van der Waals surface area contributed by atoms with Crippen molar-refractivity contribution in [2.45, 2.75) is 13.0 Å². The van der Waals surface area contributed by atoms with Crippen molar-refractivity contribution in [1.82, 2.24) is 4.90 Å². The Morgan fingerprint density at radius 1 is 1.33 bits per heavy atom. The van der Waals surface area contributed by atoms with Gasteiger partial charge in [0, 0.05) is 23.5 Å². The number of rotatable bonds is 1. The second-order valence-corrected chi connectivity index (χ2v) is 6.45. The molecule has 0 unspecified atom stereocenters. The summed E-state index contributed by atoms with van der Waals surface area (Å²) in [5.41, 5.74) is 1.79. The van der Waals surface area contributed by atoms with Gasteiger partial charge in [0.1, 0.15) is 0 Å². The first-order valence-corrected chi connectivity index (χ1v) is 7.92. The molecule has 1 aromatic carbocycles. The first-order chi connectivity index (χ1) is 10.2. The molecule has 0 spiro atoms. The van der Waals surface area contributed by atoms with Crippen molar-refractivity contribution in [3.05, 3.63) is 44.6 Å². The lowest BCUT2D eigenvalue weighted by atomic mass is 10.1. The van der Waals surface area contributed by atoms with Crippen molar-refractivity contribution in [3.63, 3.8) is 0 Å². The fourth-order valence-corrected chi connectivity index (χ4v) is 3.85. The normalized spacial score (nSPS) is 16.0. The highest BCUT2D eigenvalue weighted by atomic mass is 35.5. The average Bonchev–Trinajstić information content (AvgIpc) is 3.14. The molecule has 0 atom stereocenters. The number of amides is 1. The summed E-state index contributed by atoms with van der Waals surface area (Å²) in [5, 5.41) is 2.50. The van der Waals surface area contributed by atoms with Crippen LogP contribution in [0.1, 0.15) is 20.8 Å². The molecule has 0 fully saturated rings. The van der Waals surface area contributed by atoms with E-state index in [-0.39, 0.29) is 12.7 Å². The SMILES string of the molecule is O=C(c1cc(Cl)c2c(c1)OCO2)N1CCc2sccc2C1.